The van der Waals surface area contributed by atoms with E-state index in [9.17, 15) is 5.11 Å². The second-order valence-corrected chi connectivity index (χ2v) is 4.76. The van der Waals surface area contributed by atoms with Gasteiger partial charge in [-0.3, -0.25) is 5.43 Å². The number of aromatic hydroxyl groups is 1. The van der Waals surface area contributed by atoms with Crippen molar-refractivity contribution in [1.29, 1.82) is 0 Å². The van der Waals surface area contributed by atoms with Crippen LogP contribution in [-0.4, -0.2) is 23.0 Å². The van der Waals surface area contributed by atoms with Crippen LogP contribution in [-0.2, 0) is 0 Å². The lowest BCUT2D eigenvalue weighted by Crippen LogP contribution is -2.23. The minimum absolute atomic E-state index is 0.105. The number of hydrogen-bond donors (Lipinski definition) is 3. The van der Waals surface area contributed by atoms with Gasteiger partial charge < -0.3 is 15.2 Å². The molecule has 0 aliphatic rings. The number of nitrogens with one attached hydrogen (secondary N) is 2. The summed E-state index contributed by atoms with van der Waals surface area (Å²) in [6.45, 7) is 2.34. The first kappa shape index (κ1) is 15.8. The third-order valence-electron chi connectivity index (χ3n) is 2.70. The molecule has 22 heavy (non-hydrogen) atoms. The summed E-state index contributed by atoms with van der Waals surface area (Å²) in [6.07, 6.45) is 1.60. The van der Waals surface area contributed by atoms with Crippen LogP contribution >= 0.6 is 12.2 Å². The summed E-state index contributed by atoms with van der Waals surface area (Å²) in [4.78, 5) is 0. The van der Waals surface area contributed by atoms with Gasteiger partial charge in [-0.2, -0.15) is 5.10 Å². The van der Waals surface area contributed by atoms with Gasteiger partial charge in [0, 0.05) is 5.69 Å². The molecule has 2 aromatic rings. The highest BCUT2D eigenvalue weighted by Crippen LogP contribution is 2.26. The molecule has 2 rings (SSSR count). The van der Waals surface area contributed by atoms with Crippen molar-refractivity contribution in [1.82, 2.24) is 5.43 Å². The molecule has 114 valence electrons. The first-order chi connectivity index (χ1) is 10.7. The van der Waals surface area contributed by atoms with Crippen molar-refractivity contribution in [2.24, 2.45) is 5.10 Å². The maximum atomic E-state index is 9.63. The summed E-state index contributed by atoms with van der Waals surface area (Å²) < 4.78 is 5.31. The van der Waals surface area contributed by atoms with E-state index in [-0.39, 0.29) is 5.75 Å². The maximum absolute atomic E-state index is 9.63. The van der Waals surface area contributed by atoms with E-state index in [1.54, 1.807) is 24.4 Å². The van der Waals surface area contributed by atoms with Crippen molar-refractivity contribution in [2.75, 3.05) is 11.9 Å². The monoisotopic (exact) mass is 315 g/mol. The molecule has 0 saturated carbocycles. The van der Waals surface area contributed by atoms with E-state index >= 15 is 0 Å². The molecule has 0 aliphatic heterocycles. The Balaban J connectivity index is 1.92. The molecule has 0 amide bonds. The number of ether oxygens (including phenoxy) is 1. The first-order valence-electron chi connectivity index (χ1n) is 6.80. The van der Waals surface area contributed by atoms with E-state index in [1.165, 1.54) is 0 Å². The predicted molar refractivity (Wildman–Crippen MR) is 92.7 cm³/mol. The van der Waals surface area contributed by atoms with E-state index in [2.05, 4.69) is 15.8 Å². The van der Waals surface area contributed by atoms with Gasteiger partial charge in [-0.15, -0.1) is 0 Å². The van der Waals surface area contributed by atoms with Crippen LogP contribution in [0.3, 0.4) is 0 Å². The summed E-state index contributed by atoms with van der Waals surface area (Å²) >= 11 is 5.14. The highest BCUT2D eigenvalue weighted by molar-refractivity contribution is 7.80. The zero-order valence-electron chi connectivity index (χ0n) is 12.1. The largest absolute Gasteiger partial charge is 0.504 e. The van der Waals surface area contributed by atoms with Crippen molar-refractivity contribution in [3.05, 3.63) is 54.1 Å². The van der Waals surface area contributed by atoms with Crippen LogP contribution in [0.1, 0.15) is 12.5 Å². The Hall–Kier alpha value is -2.60. The molecule has 0 aromatic heterocycles. The van der Waals surface area contributed by atoms with Gasteiger partial charge in [0.1, 0.15) is 0 Å². The number of phenols is 1. The number of hydrazone groups is 1. The van der Waals surface area contributed by atoms with Crippen molar-refractivity contribution in [3.63, 3.8) is 0 Å². The predicted octanol–water partition coefficient (Wildman–Crippen LogP) is 3.11. The van der Waals surface area contributed by atoms with Crippen LogP contribution in [0, 0.1) is 0 Å². The fourth-order valence-corrected chi connectivity index (χ4v) is 1.90. The third-order valence-corrected chi connectivity index (χ3v) is 2.89. The Kier molecular flexibility index (Phi) is 5.73. The van der Waals surface area contributed by atoms with Crippen LogP contribution in [0.4, 0.5) is 5.69 Å². The molecule has 0 aliphatic carbocycles. The molecule has 0 unspecified atom stereocenters. The topological polar surface area (TPSA) is 65.9 Å². The number of benzene rings is 2. The summed E-state index contributed by atoms with van der Waals surface area (Å²) in [5, 5.41) is 17.1. The molecular formula is C16H17N3O2S. The second kappa shape index (κ2) is 7.99. The summed E-state index contributed by atoms with van der Waals surface area (Å²) in [6, 6.07) is 14.6. The number of hydrogen-bond acceptors (Lipinski definition) is 4. The van der Waals surface area contributed by atoms with Gasteiger partial charge in [0.15, 0.2) is 16.6 Å². The number of para-hydroxylation sites is 1. The van der Waals surface area contributed by atoms with Crippen LogP contribution in [0.25, 0.3) is 0 Å². The molecule has 5 nitrogen and oxygen atoms in total. The van der Waals surface area contributed by atoms with Gasteiger partial charge in [-0.1, -0.05) is 18.2 Å². The molecule has 0 bridgehead atoms. The maximum Gasteiger partial charge on any atom is 0.191 e. The van der Waals surface area contributed by atoms with Crippen LogP contribution in [0.15, 0.2) is 53.6 Å². The zero-order valence-corrected chi connectivity index (χ0v) is 12.9. The Bertz CT molecular complexity index is 660. The summed E-state index contributed by atoms with van der Waals surface area (Å²) in [7, 11) is 0. The number of rotatable bonds is 5. The van der Waals surface area contributed by atoms with E-state index in [4.69, 9.17) is 17.0 Å². The quantitative estimate of drug-likeness (QED) is 0.449. The molecule has 0 radical (unpaired) electrons. The lowest BCUT2D eigenvalue weighted by atomic mass is 10.2. The summed E-state index contributed by atoms with van der Waals surface area (Å²) in [5.74, 6) is 0.532. The standard InChI is InChI=1S/C16H17N3O2S/c1-2-21-15-10-12(8-9-14(15)20)11-17-19-16(22)18-13-6-4-3-5-7-13/h3-11,20H,2H2,1H3,(H2,18,19,22)/b17-11+. The molecule has 2 aromatic carbocycles. The number of thiocarbonyl (C=S) groups is 1. The van der Waals surface area contributed by atoms with E-state index in [1.807, 2.05) is 37.3 Å². The van der Waals surface area contributed by atoms with E-state index in [0.717, 1.165) is 11.3 Å². The van der Waals surface area contributed by atoms with Crippen molar-refractivity contribution in [3.8, 4) is 11.5 Å². The first-order valence-corrected chi connectivity index (χ1v) is 7.21. The number of phenolic OH excluding ortho intramolecular Hbond substituents is 1. The highest BCUT2D eigenvalue weighted by atomic mass is 32.1. The molecular weight excluding hydrogens is 298 g/mol. The lowest BCUT2D eigenvalue weighted by Gasteiger charge is -2.07. The average molecular weight is 315 g/mol. The number of nitrogens with zero attached hydrogens (tertiary/aromatic N) is 1. The molecule has 6 heteroatoms. The fourth-order valence-electron chi connectivity index (χ4n) is 1.73. The van der Waals surface area contributed by atoms with Crippen LogP contribution in [0.2, 0.25) is 0 Å². The van der Waals surface area contributed by atoms with Gasteiger partial charge >= 0.3 is 0 Å². The normalized spacial score (nSPS) is 10.4. The Morgan fingerprint density at radius 1 is 1.27 bits per heavy atom. The summed E-state index contributed by atoms with van der Waals surface area (Å²) in [5.41, 5.74) is 4.41. The minimum atomic E-state index is 0.105. The Labute approximate surface area is 134 Å². The molecule has 3 N–H and O–H groups in total. The fraction of sp³-hybridized carbons (Fsp3) is 0.125. The van der Waals surface area contributed by atoms with Gasteiger partial charge in [0.05, 0.1) is 12.8 Å². The molecule has 0 atom stereocenters. The van der Waals surface area contributed by atoms with Crippen molar-refractivity contribution in [2.45, 2.75) is 6.92 Å². The molecule has 0 saturated heterocycles. The number of anilines is 1. The Morgan fingerprint density at radius 3 is 2.77 bits per heavy atom. The van der Waals surface area contributed by atoms with E-state index < -0.39 is 0 Å². The highest BCUT2D eigenvalue weighted by Gasteiger charge is 2.02. The zero-order chi connectivity index (χ0) is 15.8. The van der Waals surface area contributed by atoms with Crippen LogP contribution < -0.4 is 15.5 Å². The van der Waals surface area contributed by atoms with Gasteiger partial charge in [-0.25, -0.2) is 0 Å². The Morgan fingerprint density at radius 2 is 2.05 bits per heavy atom. The van der Waals surface area contributed by atoms with Crippen molar-refractivity contribution < 1.29 is 9.84 Å². The SMILES string of the molecule is CCOc1cc(/C=N/NC(=S)Nc2ccccc2)ccc1O. The molecule has 0 heterocycles. The average Bonchev–Trinajstić information content (AvgIpc) is 2.51. The third kappa shape index (κ3) is 4.75. The molecule has 0 fully saturated rings. The smallest absolute Gasteiger partial charge is 0.191 e. The molecule has 0 spiro atoms. The van der Waals surface area contributed by atoms with Gasteiger partial charge in [0.25, 0.3) is 0 Å². The van der Waals surface area contributed by atoms with Gasteiger partial charge in [0.2, 0.25) is 0 Å². The van der Waals surface area contributed by atoms with Crippen LogP contribution in [0.5, 0.6) is 11.5 Å². The van der Waals surface area contributed by atoms with E-state index in [0.29, 0.717) is 17.5 Å². The van der Waals surface area contributed by atoms with Crippen molar-refractivity contribution >= 4 is 29.2 Å². The lowest BCUT2D eigenvalue weighted by molar-refractivity contribution is 0.318. The second-order valence-electron chi connectivity index (χ2n) is 4.35. The van der Waals surface area contributed by atoms with Gasteiger partial charge in [-0.05, 0) is 55.0 Å². The minimum Gasteiger partial charge on any atom is -0.504 e.